The van der Waals surface area contributed by atoms with Crippen molar-refractivity contribution in [2.24, 2.45) is 0 Å². The molecule has 132 valence electrons. The molecule has 0 saturated carbocycles. The van der Waals surface area contributed by atoms with E-state index in [4.69, 9.17) is 0 Å². The molecule has 3 aromatic rings. The largest absolute Gasteiger partial charge is 0.372 e. The lowest BCUT2D eigenvalue weighted by Gasteiger charge is -2.19. The molecule has 0 atom stereocenters. The molecular formula is C21H21N3O2. The number of carbonyl (C=O) groups excluding carboxylic acids is 1. The molecule has 2 heterocycles. The summed E-state index contributed by atoms with van der Waals surface area (Å²) in [6, 6.07) is 15.0. The highest BCUT2D eigenvalue weighted by Gasteiger charge is 2.15. The fourth-order valence-corrected chi connectivity index (χ4v) is 3.48. The van der Waals surface area contributed by atoms with Crippen molar-refractivity contribution in [3.05, 3.63) is 70.1 Å². The molecule has 0 bridgehead atoms. The van der Waals surface area contributed by atoms with Gasteiger partial charge in [-0.3, -0.25) is 9.59 Å². The number of carbonyl (C=O) groups is 1. The van der Waals surface area contributed by atoms with Crippen LogP contribution in [0.15, 0.2) is 53.3 Å². The number of hydrogen-bond donors (Lipinski definition) is 2. The molecule has 0 radical (unpaired) electrons. The molecule has 1 aliphatic rings. The first-order valence-electron chi connectivity index (χ1n) is 8.91. The lowest BCUT2D eigenvalue weighted by Crippen LogP contribution is -2.20. The number of H-pyrrole nitrogens is 1. The first-order chi connectivity index (χ1) is 12.6. The van der Waals surface area contributed by atoms with Gasteiger partial charge >= 0.3 is 0 Å². The maximum absolute atomic E-state index is 12.6. The van der Waals surface area contributed by atoms with Crippen LogP contribution in [-0.4, -0.2) is 24.0 Å². The minimum atomic E-state index is -0.315. The summed E-state index contributed by atoms with van der Waals surface area (Å²) in [5.74, 6) is -0.315. The van der Waals surface area contributed by atoms with Gasteiger partial charge in [0.15, 0.2) is 0 Å². The second-order valence-corrected chi connectivity index (χ2v) is 6.75. The fourth-order valence-electron chi connectivity index (χ4n) is 3.48. The van der Waals surface area contributed by atoms with Gasteiger partial charge in [-0.25, -0.2) is 0 Å². The van der Waals surface area contributed by atoms with Crippen molar-refractivity contribution in [1.82, 2.24) is 4.98 Å². The van der Waals surface area contributed by atoms with Crippen molar-refractivity contribution in [2.75, 3.05) is 23.3 Å². The fraction of sp³-hybridized carbons (Fsp3) is 0.238. The molecule has 1 fully saturated rings. The van der Waals surface area contributed by atoms with Gasteiger partial charge in [0.25, 0.3) is 11.5 Å². The number of nitrogens with one attached hydrogen (secondary N) is 2. The molecule has 2 aromatic carbocycles. The van der Waals surface area contributed by atoms with Gasteiger partial charge in [0, 0.05) is 29.9 Å². The third-order valence-corrected chi connectivity index (χ3v) is 4.93. The van der Waals surface area contributed by atoms with E-state index in [2.05, 4.69) is 21.3 Å². The number of aromatic amines is 1. The van der Waals surface area contributed by atoms with Crippen LogP contribution in [-0.2, 0) is 0 Å². The standard InChI is InChI=1S/C21H21N3O2/c1-14-12-16(24-10-4-5-11-24)8-9-18(14)22-21(26)19-13-15-6-2-3-7-17(15)20(25)23-19/h2-3,6-9,12-13H,4-5,10-11H2,1H3,(H,22,26)(H,23,25). The van der Waals surface area contributed by atoms with Crippen LogP contribution in [0.5, 0.6) is 0 Å². The Kier molecular flexibility index (Phi) is 4.21. The number of aryl methyl sites for hydroxylation is 1. The number of amides is 1. The molecule has 5 nitrogen and oxygen atoms in total. The summed E-state index contributed by atoms with van der Waals surface area (Å²) < 4.78 is 0. The van der Waals surface area contributed by atoms with E-state index in [-0.39, 0.29) is 17.2 Å². The van der Waals surface area contributed by atoms with Gasteiger partial charge in [-0.2, -0.15) is 0 Å². The van der Waals surface area contributed by atoms with E-state index in [0.29, 0.717) is 5.39 Å². The number of pyridine rings is 1. The summed E-state index contributed by atoms with van der Waals surface area (Å²) in [5.41, 5.74) is 2.96. The zero-order valence-electron chi connectivity index (χ0n) is 14.7. The third-order valence-electron chi connectivity index (χ3n) is 4.93. The molecule has 0 aliphatic carbocycles. The summed E-state index contributed by atoms with van der Waals surface area (Å²) in [7, 11) is 0. The Hall–Kier alpha value is -3.08. The minimum absolute atomic E-state index is 0.255. The van der Waals surface area contributed by atoms with E-state index >= 15 is 0 Å². The molecule has 0 unspecified atom stereocenters. The van der Waals surface area contributed by atoms with Crippen LogP contribution in [0.4, 0.5) is 11.4 Å². The highest BCUT2D eigenvalue weighted by Crippen LogP contribution is 2.25. The Balaban J connectivity index is 1.59. The minimum Gasteiger partial charge on any atom is -0.372 e. The van der Waals surface area contributed by atoms with Crippen LogP contribution in [0, 0.1) is 6.92 Å². The normalized spacial score (nSPS) is 14.0. The van der Waals surface area contributed by atoms with Crippen molar-refractivity contribution < 1.29 is 4.79 Å². The van der Waals surface area contributed by atoms with Crippen LogP contribution < -0.4 is 15.8 Å². The maximum atomic E-state index is 12.6. The van der Waals surface area contributed by atoms with E-state index in [1.165, 1.54) is 18.5 Å². The SMILES string of the molecule is Cc1cc(N2CCCC2)ccc1NC(=O)c1cc2ccccc2c(=O)[nH]1. The van der Waals surface area contributed by atoms with Gasteiger partial charge < -0.3 is 15.2 Å². The molecule has 4 rings (SSSR count). The second kappa shape index (κ2) is 6.67. The Labute approximate surface area is 151 Å². The van der Waals surface area contributed by atoms with Gasteiger partial charge in [-0.05, 0) is 61.0 Å². The number of nitrogens with zero attached hydrogens (tertiary/aromatic N) is 1. The van der Waals surface area contributed by atoms with E-state index < -0.39 is 0 Å². The van der Waals surface area contributed by atoms with E-state index in [0.717, 1.165) is 29.7 Å². The Bertz CT molecular complexity index is 1030. The topological polar surface area (TPSA) is 65.2 Å². The molecule has 26 heavy (non-hydrogen) atoms. The Morgan fingerprint density at radius 3 is 2.62 bits per heavy atom. The van der Waals surface area contributed by atoms with Crippen molar-refractivity contribution in [3.63, 3.8) is 0 Å². The van der Waals surface area contributed by atoms with Crippen LogP contribution in [0.25, 0.3) is 10.8 Å². The summed E-state index contributed by atoms with van der Waals surface area (Å²) in [6.45, 7) is 4.16. The highest BCUT2D eigenvalue weighted by atomic mass is 16.2. The van der Waals surface area contributed by atoms with Crippen LogP contribution in [0.3, 0.4) is 0 Å². The highest BCUT2D eigenvalue weighted by molar-refractivity contribution is 6.05. The van der Waals surface area contributed by atoms with E-state index in [9.17, 15) is 9.59 Å². The van der Waals surface area contributed by atoms with Gasteiger partial charge in [-0.1, -0.05) is 18.2 Å². The number of benzene rings is 2. The number of fused-ring (bicyclic) bond motifs is 1. The maximum Gasteiger partial charge on any atom is 0.272 e. The predicted octanol–water partition coefficient (Wildman–Crippen LogP) is 3.69. The smallest absolute Gasteiger partial charge is 0.272 e. The number of rotatable bonds is 3. The number of hydrogen-bond acceptors (Lipinski definition) is 3. The monoisotopic (exact) mass is 347 g/mol. The van der Waals surface area contributed by atoms with Crippen molar-refractivity contribution in [2.45, 2.75) is 19.8 Å². The van der Waals surface area contributed by atoms with Gasteiger partial charge in [0.2, 0.25) is 0 Å². The molecule has 1 amide bonds. The molecular weight excluding hydrogens is 326 g/mol. The molecule has 1 aliphatic heterocycles. The van der Waals surface area contributed by atoms with Crippen molar-refractivity contribution in [3.8, 4) is 0 Å². The van der Waals surface area contributed by atoms with Crippen LogP contribution in [0.2, 0.25) is 0 Å². The zero-order valence-corrected chi connectivity index (χ0v) is 14.7. The lowest BCUT2D eigenvalue weighted by atomic mass is 10.1. The number of anilines is 2. The summed E-state index contributed by atoms with van der Waals surface area (Å²) >= 11 is 0. The van der Waals surface area contributed by atoms with Gasteiger partial charge in [-0.15, -0.1) is 0 Å². The molecule has 2 N–H and O–H groups in total. The van der Waals surface area contributed by atoms with E-state index in [1.807, 2.05) is 37.3 Å². The van der Waals surface area contributed by atoms with Crippen molar-refractivity contribution in [1.29, 1.82) is 0 Å². The van der Waals surface area contributed by atoms with Crippen molar-refractivity contribution >= 4 is 28.1 Å². The quantitative estimate of drug-likeness (QED) is 0.759. The van der Waals surface area contributed by atoms with Gasteiger partial charge in [0.05, 0.1) is 0 Å². The first-order valence-corrected chi connectivity index (χ1v) is 8.91. The average molecular weight is 347 g/mol. The first kappa shape index (κ1) is 16.4. The summed E-state index contributed by atoms with van der Waals surface area (Å²) in [6.07, 6.45) is 2.46. The summed E-state index contributed by atoms with van der Waals surface area (Å²) in [4.78, 5) is 29.8. The zero-order chi connectivity index (χ0) is 18.1. The Morgan fingerprint density at radius 2 is 1.85 bits per heavy atom. The lowest BCUT2D eigenvalue weighted by molar-refractivity contribution is 0.102. The average Bonchev–Trinajstić information content (AvgIpc) is 3.18. The molecule has 1 aromatic heterocycles. The van der Waals surface area contributed by atoms with Crippen LogP contribution >= 0.6 is 0 Å². The molecule has 5 heteroatoms. The molecule has 1 saturated heterocycles. The molecule has 0 spiro atoms. The van der Waals surface area contributed by atoms with E-state index in [1.54, 1.807) is 12.1 Å². The third kappa shape index (κ3) is 3.08. The predicted molar refractivity (Wildman–Crippen MR) is 105 cm³/mol. The Morgan fingerprint density at radius 1 is 1.08 bits per heavy atom. The van der Waals surface area contributed by atoms with Crippen LogP contribution in [0.1, 0.15) is 28.9 Å². The van der Waals surface area contributed by atoms with Gasteiger partial charge in [0.1, 0.15) is 5.69 Å². The number of aromatic nitrogens is 1. The summed E-state index contributed by atoms with van der Waals surface area (Å²) in [5, 5.41) is 4.24. The second-order valence-electron chi connectivity index (χ2n) is 6.75.